The third-order valence-electron chi connectivity index (χ3n) is 7.14. The highest BCUT2D eigenvalue weighted by Gasteiger charge is 2.45. The molecule has 3 aromatic rings. The first-order valence-electron chi connectivity index (χ1n) is 13.8. The number of aliphatic hydroxyl groups excluding tert-OH is 3. The highest BCUT2D eigenvalue weighted by molar-refractivity contribution is 5.73. The molecular weight excluding hydrogens is 542 g/mol. The number of ether oxygens (including phenoxy) is 4. The zero-order valence-corrected chi connectivity index (χ0v) is 24.0. The minimum atomic E-state index is -1.36. The number of amides is 1. The highest BCUT2D eigenvalue weighted by Crippen LogP contribution is 2.27. The molecule has 4 rings (SSSR count). The van der Waals surface area contributed by atoms with Gasteiger partial charge in [0.25, 0.3) is 0 Å². The molecule has 2 heterocycles. The van der Waals surface area contributed by atoms with Gasteiger partial charge in [-0.2, -0.15) is 4.98 Å². The molecule has 0 spiro atoms. The Morgan fingerprint density at radius 2 is 1.81 bits per heavy atom. The van der Waals surface area contributed by atoms with Gasteiger partial charge >= 0.3 is 0 Å². The second-order valence-corrected chi connectivity index (χ2v) is 10.0. The summed E-state index contributed by atoms with van der Waals surface area (Å²) >= 11 is 0. The van der Waals surface area contributed by atoms with E-state index in [1.54, 1.807) is 13.2 Å². The van der Waals surface area contributed by atoms with Crippen molar-refractivity contribution >= 4 is 5.91 Å². The predicted molar refractivity (Wildman–Crippen MR) is 155 cm³/mol. The number of hydrogen-bond donors (Lipinski definition) is 5. The second kappa shape index (κ2) is 15.1. The first-order valence-corrected chi connectivity index (χ1v) is 13.8. The molecule has 0 unspecified atom stereocenters. The Kier molecular flexibility index (Phi) is 11.2. The molecule has 0 bridgehead atoms. The van der Waals surface area contributed by atoms with Gasteiger partial charge in [0.05, 0.1) is 20.3 Å². The van der Waals surface area contributed by atoms with Gasteiger partial charge < -0.3 is 44.9 Å². The fourth-order valence-electron chi connectivity index (χ4n) is 4.85. The largest absolute Gasteiger partial charge is 0.481 e. The maximum Gasteiger partial charge on any atom is 0.220 e. The van der Waals surface area contributed by atoms with Gasteiger partial charge in [-0.1, -0.05) is 48.5 Å². The molecule has 2 aromatic carbocycles. The quantitative estimate of drug-likeness (QED) is 0.189. The SMILES string of the molecule is COc1nc(OCc2cccc(-c3ccccc3)c2C)ccc1CNCCO[C@@H]1O[C@H](CO)[C@@H](O)[C@H](O)[C@H]1NC(C)=O. The Morgan fingerprint density at radius 1 is 1.02 bits per heavy atom. The fraction of sp³-hybridized carbons (Fsp3) is 0.419. The number of carbonyl (C=O) groups excluding carboxylic acids is 1. The van der Waals surface area contributed by atoms with E-state index < -0.39 is 43.2 Å². The number of nitrogens with zero attached hydrogens (tertiary/aromatic N) is 1. The van der Waals surface area contributed by atoms with Gasteiger partial charge in [-0.15, -0.1) is 0 Å². The van der Waals surface area contributed by atoms with Gasteiger partial charge in [-0.25, -0.2) is 0 Å². The number of pyridine rings is 1. The van der Waals surface area contributed by atoms with Crippen LogP contribution in [0.25, 0.3) is 11.1 Å². The van der Waals surface area contributed by atoms with Crippen molar-refractivity contribution in [2.75, 3.05) is 26.9 Å². The number of methoxy groups -OCH3 is 1. The minimum absolute atomic E-state index is 0.167. The average Bonchev–Trinajstić information content (AvgIpc) is 3.00. The standard InChI is InChI=1S/C31H39N3O8/c1-19-23(10-7-11-24(19)21-8-5-4-6-9-21)18-41-26-13-12-22(30(34-26)39-3)16-32-14-15-40-31-27(33-20(2)36)29(38)28(37)25(17-35)42-31/h4-13,25,27-29,31-32,35,37-38H,14-18H2,1-3H3,(H,33,36)/t25-,27-,28-,29-,31-/m1/s1. The molecule has 5 N–H and O–H groups in total. The van der Waals surface area contributed by atoms with Crippen LogP contribution in [0.3, 0.4) is 0 Å². The lowest BCUT2D eigenvalue weighted by atomic mass is 9.97. The summed E-state index contributed by atoms with van der Waals surface area (Å²) in [5.74, 6) is 0.466. The minimum Gasteiger partial charge on any atom is -0.481 e. The number of carbonyl (C=O) groups is 1. The van der Waals surface area contributed by atoms with E-state index in [0.29, 0.717) is 31.5 Å². The Hall–Kier alpha value is -3.58. The molecular formula is C31H39N3O8. The van der Waals surface area contributed by atoms with Crippen LogP contribution < -0.4 is 20.1 Å². The number of aliphatic hydroxyl groups is 3. The van der Waals surface area contributed by atoms with Crippen molar-refractivity contribution in [3.63, 3.8) is 0 Å². The van der Waals surface area contributed by atoms with E-state index in [9.17, 15) is 20.1 Å². The number of rotatable bonds is 13. The van der Waals surface area contributed by atoms with E-state index in [4.69, 9.17) is 18.9 Å². The Labute approximate surface area is 245 Å². The van der Waals surface area contributed by atoms with Crippen LogP contribution in [0.4, 0.5) is 0 Å². The van der Waals surface area contributed by atoms with Gasteiger partial charge in [0.1, 0.15) is 31.0 Å². The van der Waals surface area contributed by atoms with E-state index in [2.05, 4.69) is 40.7 Å². The molecule has 0 aliphatic carbocycles. The Balaban J connectivity index is 1.29. The van der Waals surface area contributed by atoms with E-state index in [-0.39, 0.29) is 6.61 Å². The molecule has 0 radical (unpaired) electrons. The van der Waals surface area contributed by atoms with Crippen molar-refractivity contribution in [2.24, 2.45) is 0 Å². The normalized spacial score (nSPS) is 22.0. The second-order valence-electron chi connectivity index (χ2n) is 10.0. The third-order valence-corrected chi connectivity index (χ3v) is 7.14. The smallest absolute Gasteiger partial charge is 0.220 e. The predicted octanol–water partition coefficient (Wildman–Crippen LogP) is 1.69. The number of nitrogens with one attached hydrogen (secondary N) is 2. The monoisotopic (exact) mass is 581 g/mol. The Bertz CT molecular complexity index is 1310. The van der Waals surface area contributed by atoms with Crippen LogP contribution >= 0.6 is 0 Å². The highest BCUT2D eigenvalue weighted by atomic mass is 16.7. The van der Waals surface area contributed by atoms with Crippen molar-refractivity contribution in [3.05, 3.63) is 77.4 Å². The van der Waals surface area contributed by atoms with Gasteiger partial charge in [-0.3, -0.25) is 4.79 Å². The summed E-state index contributed by atoms with van der Waals surface area (Å²) in [6.07, 6.45) is -4.79. The van der Waals surface area contributed by atoms with Crippen LogP contribution in [0, 0.1) is 6.92 Å². The van der Waals surface area contributed by atoms with Crippen LogP contribution in [0.5, 0.6) is 11.8 Å². The lowest BCUT2D eigenvalue weighted by Crippen LogP contribution is -2.64. The van der Waals surface area contributed by atoms with Gasteiger partial charge in [0, 0.05) is 31.6 Å². The van der Waals surface area contributed by atoms with Crippen LogP contribution in [0.2, 0.25) is 0 Å². The molecule has 1 saturated heterocycles. The lowest BCUT2D eigenvalue weighted by Gasteiger charge is -2.42. The van der Waals surface area contributed by atoms with E-state index in [1.165, 1.54) is 6.92 Å². The van der Waals surface area contributed by atoms with Gasteiger partial charge in [-0.05, 0) is 35.2 Å². The molecule has 1 aliphatic rings. The van der Waals surface area contributed by atoms with Crippen molar-refractivity contribution in [1.82, 2.24) is 15.6 Å². The summed E-state index contributed by atoms with van der Waals surface area (Å²) in [6, 6.07) is 19.1. The summed E-state index contributed by atoms with van der Waals surface area (Å²) in [4.78, 5) is 16.1. The van der Waals surface area contributed by atoms with Crippen LogP contribution in [-0.4, -0.2) is 83.7 Å². The maximum atomic E-state index is 11.6. The Morgan fingerprint density at radius 3 is 2.52 bits per heavy atom. The first kappa shape index (κ1) is 31.4. The maximum absolute atomic E-state index is 11.6. The molecule has 11 nitrogen and oxygen atoms in total. The van der Waals surface area contributed by atoms with Crippen LogP contribution in [0.1, 0.15) is 23.6 Å². The molecule has 1 aromatic heterocycles. The number of hydrogen-bond acceptors (Lipinski definition) is 10. The molecule has 5 atom stereocenters. The van der Waals surface area contributed by atoms with E-state index in [1.807, 2.05) is 36.4 Å². The molecule has 0 saturated carbocycles. The van der Waals surface area contributed by atoms with Crippen LogP contribution in [0.15, 0.2) is 60.7 Å². The third kappa shape index (κ3) is 7.82. The zero-order valence-electron chi connectivity index (χ0n) is 24.0. The first-order chi connectivity index (χ1) is 20.3. The molecule has 226 valence electrons. The van der Waals surface area contributed by atoms with Crippen molar-refractivity contribution < 1.29 is 39.1 Å². The summed E-state index contributed by atoms with van der Waals surface area (Å²) in [7, 11) is 1.55. The molecule has 1 fully saturated rings. The van der Waals surface area contributed by atoms with E-state index in [0.717, 1.165) is 27.8 Å². The summed E-state index contributed by atoms with van der Waals surface area (Å²) < 4.78 is 22.8. The lowest BCUT2D eigenvalue weighted by molar-refractivity contribution is -0.269. The topological polar surface area (TPSA) is 152 Å². The number of benzene rings is 2. The molecule has 11 heteroatoms. The molecule has 1 amide bonds. The summed E-state index contributed by atoms with van der Waals surface area (Å²) in [5.41, 5.74) is 5.35. The summed E-state index contributed by atoms with van der Waals surface area (Å²) in [5, 5.41) is 35.7. The van der Waals surface area contributed by atoms with E-state index >= 15 is 0 Å². The molecule has 1 aliphatic heterocycles. The summed E-state index contributed by atoms with van der Waals surface area (Å²) in [6.45, 7) is 4.23. The van der Waals surface area contributed by atoms with Gasteiger partial charge in [0.15, 0.2) is 6.29 Å². The van der Waals surface area contributed by atoms with Crippen LogP contribution in [-0.2, 0) is 27.4 Å². The zero-order chi connectivity index (χ0) is 30.1. The fourth-order valence-corrected chi connectivity index (χ4v) is 4.85. The van der Waals surface area contributed by atoms with Crippen molar-refractivity contribution in [2.45, 2.75) is 57.6 Å². The van der Waals surface area contributed by atoms with Gasteiger partial charge in [0.2, 0.25) is 17.7 Å². The average molecular weight is 582 g/mol. The van der Waals surface area contributed by atoms with Crippen molar-refractivity contribution in [1.29, 1.82) is 0 Å². The van der Waals surface area contributed by atoms with Crippen molar-refractivity contribution in [3.8, 4) is 22.9 Å². The molecule has 42 heavy (non-hydrogen) atoms. The number of aromatic nitrogens is 1.